The van der Waals surface area contributed by atoms with E-state index in [1.165, 1.54) is 0 Å². The van der Waals surface area contributed by atoms with E-state index in [0.717, 1.165) is 56.8 Å². The molecule has 2 heterocycles. The second-order valence-corrected chi connectivity index (χ2v) is 8.31. The summed E-state index contributed by atoms with van der Waals surface area (Å²) in [6.45, 7) is 5.61. The van der Waals surface area contributed by atoms with E-state index in [0.29, 0.717) is 30.1 Å². The number of rotatable bonds is 8. The lowest BCUT2D eigenvalue weighted by atomic mass is 10.1. The summed E-state index contributed by atoms with van der Waals surface area (Å²) in [5.41, 5.74) is 2.67. The topological polar surface area (TPSA) is 91.9 Å². The molecule has 0 aliphatic carbocycles. The van der Waals surface area contributed by atoms with Crippen LogP contribution in [-0.2, 0) is 4.74 Å². The Labute approximate surface area is 194 Å². The molecule has 33 heavy (non-hydrogen) atoms. The number of hydrogen-bond acceptors (Lipinski definition) is 5. The van der Waals surface area contributed by atoms with Gasteiger partial charge in [0.2, 0.25) is 0 Å². The first kappa shape index (κ1) is 22.9. The van der Waals surface area contributed by atoms with Gasteiger partial charge in [0.05, 0.1) is 18.3 Å². The lowest BCUT2D eigenvalue weighted by molar-refractivity contribution is 0.0858. The fraction of sp³-hybridized carbons (Fsp3) is 0.440. The summed E-state index contributed by atoms with van der Waals surface area (Å²) < 4.78 is 11.0. The number of carbonyl (C=O) groups is 2. The fourth-order valence-corrected chi connectivity index (χ4v) is 4.23. The van der Waals surface area contributed by atoms with E-state index in [1.54, 1.807) is 30.3 Å². The number of nitrogens with zero attached hydrogens (tertiary/aromatic N) is 1. The molecule has 2 aromatic rings. The van der Waals surface area contributed by atoms with E-state index < -0.39 is 0 Å². The maximum absolute atomic E-state index is 13.1. The van der Waals surface area contributed by atoms with Gasteiger partial charge < -0.3 is 30.3 Å². The van der Waals surface area contributed by atoms with Crippen molar-refractivity contribution in [2.24, 2.45) is 0 Å². The van der Waals surface area contributed by atoms with Crippen LogP contribution in [0, 0.1) is 0 Å². The van der Waals surface area contributed by atoms with Gasteiger partial charge >= 0.3 is 6.03 Å². The predicted octanol–water partition coefficient (Wildman–Crippen LogP) is 4.24. The Morgan fingerprint density at radius 1 is 1.03 bits per heavy atom. The van der Waals surface area contributed by atoms with Crippen molar-refractivity contribution in [2.75, 3.05) is 48.4 Å². The van der Waals surface area contributed by atoms with Crippen molar-refractivity contribution in [3.05, 3.63) is 48.0 Å². The summed E-state index contributed by atoms with van der Waals surface area (Å²) in [6.07, 6.45) is 4.29. The van der Waals surface area contributed by atoms with Crippen LogP contribution in [-0.4, -0.2) is 50.9 Å². The normalized spacial score (nSPS) is 17.6. The molecule has 176 valence electrons. The van der Waals surface area contributed by atoms with Gasteiger partial charge in [-0.1, -0.05) is 0 Å². The summed E-state index contributed by atoms with van der Waals surface area (Å²) in [6, 6.07) is 12.3. The highest BCUT2D eigenvalue weighted by molar-refractivity contribution is 6.04. The first-order valence-corrected chi connectivity index (χ1v) is 11.7. The number of carbonyl (C=O) groups excluding carboxylic acids is 2. The Balaban J connectivity index is 1.44. The molecule has 3 amide bonds. The average Bonchev–Trinajstić information content (AvgIpc) is 3.53. The van der Waals surface area contributed by atoms with Crippen molar-refractivity contribution in [1.82, 2.24) is 5.32 Å². The highest BCUT2D eigenvalue weighted by Gasteiger charge is 2.22. The van der Waals surface area contributed by atoms with Crippen molar-refractivity contribution in [2.45, 2.75) is 38.7 Å². The highest BCUT2D eigenvalue weighted by Crippen LogP contribution is 2.28. The Kier molecular flexibility index (Phi) is 7.67. The lowest BCUT2D eigenvalue weighted by Crippen LogP contribution is -2.33. The number of anilines is 3. The molecule has 2 aliphatic rings. The molecule has 2 fully saturated rings. The Bertz CT molecular complexity index is 951. The molecule has 1 unspecified atom stereocenters. The first-order chi connectivity index (χ1) is 16.1. The van der Waals surface area contributed by atoms with Crippen molar-refractivity contribution < 1.29 is 19.1 Å². The van der Waals surface area contributed by atoms with Crippen LogP contribution in [0.1, 0.15) is 43.0 Å². The second-order valence-electron chi connectivity index (χ2n) is 8.31. The van der Waals surface area contributed by atoms with Crippen LogP contribution < -0.4 is 25.6 Å². The summed E-state index contributed by atoms with van der Waals surface area (Å²) >= 11 is 0. The van der Waals surface area contributed by atoms with Crippen LogP contribution in [0.15, 0.2) is 42.5 Å². The van der Waals surface area contributed by atoms with Crippen molar-refractivity contribution in [3.63, 3.8) is 0 Å². The van der Waals surface area contributed by atoms with Crippen molar-refractivity contribution in [3.8, 4) is 5.75 Å². The standard InChI is InChI=1S/C25H32N4O4/c1-2-32-20-10-7-18(8-11-20)27-25(31)28-19-9-12-23(29-13-3-4-14-29)22(16-19)24(30)26-17-21-6-5-15-33-21/h7-12,16,21H,2-6,13-15,17H2,1H3,(H,26,30)(H2,27,28,31). The number of benzene rings is 2. The van der Waals surface area contributed by atoms with Crippen molar-refractivity contribution in [1.29, 1.82) is 0 Å². The molecule has 2 aromatic carbocycles. The number of urea groups is 1. The van der Waals surface area contributed by atoms with Crippen LogP contribution >= 0.6 is 0 Å². The van der Waals surface area contributed by atoms with E-state index in [2.05, 4.69) is 20.9 Å². The van der Waals surface area contributed by atoms with Gasteiger partial charge in [0, 0.05) is 43.3 Å². The predicted molar refractivity (Wildman–Crippen MR) is 129 cm³/mol. The molecule has 0 spiro atoms. The third-order valence-electron chi connectivity index (χ3n) is 5.88. The molecular formula is C25H32N4O4. The van der Waals surface area contributed by atoms with Gasteiger partial charge in [0.1, 0.15) is 5.75 Å². The highest BCUT2D eigenvalue weighted by atomic mass is 16.5. The zero-order chi connectivity index (χ0) is 23.0. The zero-order valence-electron chi connectivity index (χ0n) is 19.1. The Hall–Kier alpha value is -3.26. The number of hydrogen-bond donors (Lipinski definition) is 3. The minimum atomic E-state index is -0.376. The summed E-state index contributed by atoms with van der Waals surface area (Å²) in [5.74, 6) is 0.600. The summed E-state index contributed by atoms with van der Waals surface area (Å²) in [7, 11) is 0. The van der Waals surface area contributed by atoms with Gasteiger partial charge in [-0.2, -0.15) is 0 Å². The summed E-state index contributed by atoms with van der Waals surface area (Å²) in [5, 5.41) is 8.65. The van der Waals surface area contributed by atoms with Crippen LogP contribution in [0.25, 0.3) is 0 Å². The van der Waals surface area contributed by atoms with E-state index in [1.807, 2.05) is 19.1 Å². The maximum atomic E-state index is 13.1. The smallest absolute Gasteiger partial charge is 0.323 e. The molecule has 4 rings (SSSR count). The molecule has 2 aliphatic heterocycles. The summed E-state index contributed by atoms with van der Waals surface area (Å²) in [4.78, 5) is 27.8. The van der Waals surface area contributed by atoms with Crippen LogP contribution in [0.5, 0.6) is 5.75 Å². The van der Waals surface area contributed by atoms with E-state index in [9.17, 15) is 9.59 Å². The Morgan fingerprint density at radius 2 is 1.76 bits per heavy atom. The van der Waals surface area contributed by atoms with Crippen LogP contribution in [0.4, 0.5) is 21.9 Å². The maximum Gasteiger partial charge on any atom is 0.323 e. The first-order valence-electron chi connectivity index (χ1n) is 11.7. The average molecular weight is 453 g/mol. The van der Waals surface area contributed by atoms with Gasteiger partial charge in [0.15, 0.2) is 0 Å². The molecule has 8 nitrogen and oxygen atoms in total. The second kappa shape index (κ2) is 11.0. The molecular weight excluding hydrogens is 420 g/mol. The van der Waals surface area contributed by atoms with Gasteiger partial charge in [0.25, 0.3) is 5.91 Å². The number of nitrogens with one attached hydrogen (secondary N) is 3. The minimum absolute atomic E-state index is 0.0744. The largest absolute Gasteiger partial charge is 0.494 e. The van der Waals surface area contributed by atoms with Gasteiger partial charge in [-0.15, -0.1) is 0 Å². The number of amides is 3. The minimum Gasteiger partial charge on any atom is -0.494 e. The van der Waals surface area contributed by atoms with Gasteiger partial charge in [-0.3, -0.25) is 4.79 Å². The lowest BCUT2D eigenvalue weighted by Gasteiger charge is -2.22. The monoisotopic (exact) mass is 452 g/mol. The van der Waals surface area contributed by atoms with E-state index >= 15 is 0 Å². The van der Waals surface area contributed by atoms with Gasteiger partial charge in [-0.05, 0) is 75.1 Å². The molecule has 2 saturated heterocycles. The van der Waals surface area contributed by atoms with E-state index in [-0.39, 0.29) is 18.0 Å². The Morgan fingerprint density at radius 3 is 2.45 bits per heavy atom. The number of ether oxygens (including phenoxy) is 2. The van der Waals surface area contributed by atoms with Gasteiger partial charge in [-0.25, -0.2) is 4.79 Å². The molecule has 0 aromatic heterocycles. The molecule has 0 saturated carbocycles. The molecule has 0 bridgehead atoms. The molecule has 0 radical (unpaired) electrons. The SMILES string of the molecule is CCOc1ccc(NC(=O)Nc2ccc(N3CCCC3)c(C(=O)NCC3CCCO3)c2)cc1. The fourth-order valence-electron chi connectivity index (χ4n) is 4.23. The quantitative estimate of drug-likeness (QED) is 0.557. The van der Waals surface area contributed by atoms with Crippen LogP contribution in [0.3, 0.4) is 0 Å². The van der Waals surface area contributed by atoms with Crippen molar-refractivity contribution >= 4 is 29.0 Å². The zero-order valence-corrected chi connectivity index (χ0v) is 19.1. The third-order valence-corrected chi connectivity index (χ3v) is 5.88. The van der Waals surface area contributed by atoms with Crippen LogP contribution in [0.2, 0.25) is 0 Å². The third kappa shape index (κ3) is 6.16. The van der Waals surface area contributed by atoms with E-state index in [4.69, 9.17) is 9.47 Å². The molecule has 1 atom stereocenters. The molecule has 3 N–H and O–H groups in total. The molecule has 8 heteroatoms.